The van der Waals surface area contributed by atoms with Gasteiger partial charge in [-0.1, -0.05) is 37.3 Å². The molecule has 1 N–H and O–H groups in total. The van der Waals surface area contributed by atoms with E-state index in [0.29, 0.717) is 25.9 Å². The molecule has 1 aliphatic rings. The van der Waals surface area contributed by atoms with Crippen LogP contribution in [0.4, 0.5) is 0 Å². The Morgan fingerprint density at radius 1 is 1.18 bits per heavy atom. The molecule has 2 aromatic rings. The second-order valence-corrected chi connectivity index (χ2v) is 7.49. The first-order chi connectivity index (χ1) is 13.6. The van der Waals surface area contributed by atoms with Gasteiger partial charge in [-0.3, -0.25) is 14.6 Å². The Morgan fingerprint density at radius 2 is 2.00 bits per heavy atom. The number of amides is 2. The van der Waals surface area contributed by atoms with Crippen LogP contribution in [0.2, 0.25) is 0 Å². The molecule has 1 saturated heterocycles. The van der Waals surface area contributed by atoms with Gasteiger partial charge in [0.15, 0.2) is 0 Å². The average molecular weight is 380 g/mol. The molecule has 1 atom stereocenters. The van der Waals surface area contributed by atoms with Crippen LogP contribution in [0.1, 0.15) is 38.7 Å². The van der Waals surface area contributed by atoms with E-state index in [-0.39, 0.29) is 11.8 Å². The normalized spacial score (nSPS) is 19.3. The maximum atomic E-state index is 13.2. The molecular weight excluding hydrogens is 350 g/mol. The summed E-state index contributed by atoms with van der Waals surface area (Å²) in [6, 6.07) is 12.2. The van der Waals surface area contributed by atoms with Crippen molar-refractivity contribution in [1.82, 2.24) is 15.2 Å². The maximum absolute atomic E-state index is 13.2. The number of nitrogens with one attached hydrogen (secondary N) is 1. The van der Waals surface area contributed by atoms with Crippen LogP contribution in [0.5, 0.6) is 0 Å². The van der Waals surface area contributed by atoms with Crippen molar-refractivity contribution in [2.75, 3.05) is 19.6 Å². The molecule has 0 bridgehead atoms. The van der Waals surface area contributed by atoms with Gasteiger partial charge < -0.3 is 10.2 Å². The van der Waals surface area contributed by atoms with E-state index in [1.54, 1.807) is 6.20 Å². The zero-order valence-corrected chi connectivity index (χ0v) is 16.8. The van der Waals surface area contributed by atoms with Crippen molar-refractivity contribution in [1.29, 1.82) is 0 Å². The van der Waals surface area contributed by atoms with Crippen LogP contribution in [-0.2, 0) is 16.0 Å². The third-order valence-corrected chi connectivity index (χ3v) is 5.57. The predicted molar refractivity (Wildman–Crippen MR) is 111 cm³/mol. The number of aromatic nitrogens is 1. The fourth-order valence-electron chi connectivity index (χ4n) is 4.17. The lowest BCUT2D eigenvalue weighted by molar-refractivity contribution is -0.141. The van der Waals surface area contributed by atoms with Crippen LogP contribution < -0.4 is 5.32 Å². The molecule has 2 amide bonds. The van der Waals surface area contributed by atoms with Gasteiger partial charge in [-0.25, -0.2) is 0 Å². The number of benzene rings is 1. The molecule has 5 nitrogen and oxygen atoms in total. The molecule has 0 spiro atoms. The number of rotatable bonds is 6. The third kappa shape index (κ3) is 4.24. The smallest absolute Gasteiger partial charge is 0.228 e. The van der Waals surface area contributed by atoms with Crippen LogP contribution in [0, 0.1) is 5.41 Å². The molecule has 0 aliphatic carbocycles. The van der Waals surface area contributed by atoms with Gasteiger partial charge in [0.1, 0.15) is 0 Å². The number of carbonyl (C=O) groups excluding carboxylic acids is 2. The van der Waals surface area contributed by atoms with Crippen molar-refractivity contribution in [3.05, 3.63) is 54.4 Å². The van der Waals surface area contributed by atoms with Crippen LogP contribution in [-0.4, -0.2) is 41.3 Å². The highest BCUT2D eigenvalue weighted by Crippen LogP contribution is 2.37. The summed E-state index contributed by atoms with van der Waals surface area (Å²) < 4.78 is 0. The molecule has 0 radical (unpaired) electrons. The van der Waals surface area contributed by atoms with Gasteiger partial charge in [-0.05, 0) is 43.4 Å². The van der Waals surface area contributed by atoms with E-state index in [9.17, 15) is 9.59 Å². The van der Waals surface area contributed by atoms with Crippen molar-refractivity contribution < 1.29 is 9.59 Å². The zero-order valence-electron chi connectivity index (χ0n) is 16.8. The topological polar surface area (TPSA) is 62.3 Å². The fraction of sp³-hybridized carbons (Fsp3) is 0.435. The standard InChI is InChI=1S/C23H29N3O2/c1-3-21(27)26-14-8-12-23(17-26,22(28)25-4-2)15-18-9-5-6-11-20(18)19-10-7-13-24-16-19/h5-7,9-11,13,16H,3-4,8,12,14-15,17H2,1-2H3,(H,25,28)/t23-/m1/s1. The number of carbonyl (C=O) groups is 2. The predicted octanol–water partition coefficient (Wildman–Crippen LogP) is 3.45. The summed E-state index contributed by atoms with van der Waals surface area (Å²) in [6.45, 7) is 5.62. The summed E-state index contributed by atoms with van der Waals surface area (Å²) in [4.78, 5) is 31.6. The lowest BCUT2D eigenvalue weighted by Crippen LogP contribution is -2.54. The Hall–Kier alpha value is -2.69. The first kappa shape index (κ1) is 20.1. The van der Waals surface area contributed by atoms with Gasteiger partial charge in [0.05, 0.1) is 5.41 Å². The summed E-state index contributed by atoms with van der Waals surface area (Å²) in [5, 5.41) is 3.02. The maximum Gasteiger partial charge on any atom is 0.228 e. The van der Waals surface area contributed by atoms with Crippen LogP contribution in [0.3, 0.4) is 0 Å². The molecule has 1 aromatic carbocycles. The van der Waals surface area contributed by atoms with Gasteiger partial charge in [-0.15, -0.1) is 0 Å². The summed E-state index contributed by atoms with van der Waals surface area (Å²) in [6.07, 6.45) is 6.32. The Kier molecular flexibility index (Phi) is 6.45. The largest absolute Gasteiger partial charge is 0.356 e. The van der Waals surface area contributed by atoms with Crippen molar-refractivity contribution in [2.24, 2.45) is 5.41 Å². The molecule has 3 rings (SSSR count). The first-order valence-electron chi connectivity index (χ1n) is 10.1. The van der Waals surface area contributed by atoms with Crippen molar-refractivity contribution >= 4 is 11.8 Å². The van der Waals surface area contributed by atoms with E-state index in [0.717, 1.165) is 36.1 Å². The van der Waals surface area contributed by atoms with E-state index in [1.807, 2.05) is 49.2 Å². The second-order valence-electron chi connectivity index (χ2n) is 7.49. The highest BCUT2D eigenvalue weighted by atomic mass is 16.2. The van der Waals surface area contributed by atoms with Gasteiger partial charge in [0.25, 0.3) is 0 Å². The number of piperidine rings is 1. The minimum Gasteiger partial charge on any atom is -0.356 e. The summed E-state index contributed by atoms with van der Waals surface area (Å²) in [5.41, 5.74) is 2.66. The first-order valence-corrected chi connectivity index (χ1v) is 10.1. The molecule has 1 fully saturated rings. The Labute approximate surface area is 167 Å². The molecule has 1 aromatic heterocycles. The molecule has 148 valence electrons. The van der Waals surface area contributed by atoms with E-state index < -0.39 is 5.41 Å². The van der Waals surface area contributed by atoms with E-state index in [1.165, 1.54) is 0 Å². The molecule has 0 saturated carbocycles. The SMILES string of the molecule is CCNC(=O)[C@@]1(Cc2ccccc2-c2cccnc2)CCCN(C(=O)CC)C1. The molecular formula is C23H29N3O2. The second kappa shape index (κ2) is 9.00. The van der Waals surface area contributed by atoms with E-state index >= 15 is 0 Å². The van der Waals surface area contributed by atoms with Crippen LogP contribution in [0.25, 0.3) is 11.1 Å². The Bertz CT molecular complexity index is 822. The monoisotopic (exact) mass is 379 g/mol. The lowest BCUT2D eigenvalue weighted by atomic mass is 9.73. The average Bonchev–Trinajstić information content (AvgIpc) is 2.74. The molecule has 5 heteroatoms. The summed E-state index contributed by atoms with van der Waals surface area (Å²) in [5.74, 6) is 0.165. The summed E-state index contributed by atoms with van der Waals surface area (Å²) >= 11 is 0. The van der Waals surface area contributed by atoms with Crippen molar-refractivity contribution in [2.45, 2.75) is 39.5 Å². The lowest BCUT2D eigenvalue weighted by Gasteiger charge is -2.42. The highest BCUT2D eigenvalue weighted by molar-refractivity contribution is 5.85. The third-order valence-electron chi connectivity index (χ3n) is 5.57. The number of hydrogen-bond acceptors (Lipinski definition) is 3. The van der Waals surface area contributed by atoms with E-state index in [2.05, 4.69) is 22.4 Å². The fourth-order valence-corrected chi connectivity index (χ4v) is 4.17. The van der Waals surface area contributed by atoms with Gasteiger partial charge in [0, 0.05) is 44.0 Å². The number of pyridine rings is 1. The van der Waals surface area contributed by atoms with Gasteiger partial charge >= 0.3 is 0 Å². The van der Waals surface area contributed by atoms with Gasteiger partial charge in [-0.2, -0.15) is 0 Å². The Morgan fingerprint density at radius 3 is 2.71 bits per heavy atom. The highest BCUT2D eigenvalue weighted by Gasteiger charge is 2.43. The molecule has 2 heterocycles. The molecule has 1 aliphatic heterocycles. The zero-order chi connectivity index (χ0) is 20.0. The number of likely N-dealkylation sites (tertiary alicyclic amines) is 1. The minimum absolute atomic E-state index is 0.0459. The van der Waals surface area contributed by atoms with Crippen LogP contribution in [0.15, 0.2) is 48.8 Å². The Balaban J connectivity index is 1.97. The number of nitrogens with zero attached hydrogens (tertiary/aromatic N) is 2. The molecule has 28 heavy (non-hydrogen) atoms. The molecule has 0 unspecified atom stereocenters. The minimum atomic E-state index is -0.600. The van der Waals surface area contributed by atoms with E-state index in [4.69, 9.17) is 0 Å². The number of hydrogen-bond donors (Lipinski definition) is 1. The van der Waals surface area contributed by atoms with Crippen LogP contribution >= 0.6 is 0 Å². The quantitative estimate of drug-likeness (QED) is 0.836. The van der Waals surface area contributed by atoms with Crippen molar-refractivity contribution in [3.63, 3.8) is 0 Å². The van der Waals surface area contributed by atoms with Crippen molar-refractivity contribution in [3.8, 4) is 11.1 Å². The summed E-state index contributed by atoms with van der Waals surface area (Å²) in [7, 11) is 0. The van der Waals surface area contributed by atoms with Gasteiger partial charge in [0.2, 0.25) is 11.8 Å².